The van der Waals surface area contributed by atoms with Gasteiger partial charge >= 0.3 is 0 Å². The number of hydrogen-bond acceptors (Lipinski definition) is 10. The third-order valence-corrected chi connectivity index (χ3v) is 13.1. The summed E-state index contributed by atoms with van der Waals surface area (Å²) in [6, 6.07) is 25.0. The monoisotopic (exact) mass is 1030 g/mol. The van der Waals surface area contributed by atoms with Gasteiger partial charge in [0, 0.05) is 32.5 Å². The van der Waals surface area contributed by atoms with E-state index in [0.29, 0.717) is 49.0 Å². The van der Waals surface area contributed by atoms with Gasteiger partial charge in [0.05, 0.1) is 13.0 Å². The van der Waals surface area contributed by atoms with Crippen LogP contribution in [0.2, 0.25) is 0 Å². The molecule has 0 radical (unpaired) electrons. The van der Waals surface area contributed by atoms with E-state index >= 15 is 0 Å². The first-order chi connectivity index (χ1) is 36.0. The molecule has 1 fully saturated rings. The highest BCUT2D eigenvalue weighted by atomic mass is 16.3. The second-order valence-electron chi connectivity index (χ2n) is 19.3. The third kappa shape index (κ3) is 16.2. The van der Waals surface area contributed by atoms with Crippen LogP contribution in [-0.2, 0) is 52.8 Å². The number of phenolic OH excluding ortho intramolecular Hbond substituents is 1. The third-order valence-electron chi connectivity index (χ3n) is 13.1. The number of amides is 7. The van der Waals surface area contributed by atoms with Crippen LogP contribution in [0.5, 0.6) is 5.75 Å². The molecule has 1 saturated heterocycles. The maximum atomic E-state index is 14.8. The van der Waals surface area contributed by atoms with Crippen molar-refractivity contribution < 1.29 is 43.8 Å². The molecule has 398 valence electrons. The largest absolute Gasteiger partial charge is 0.508 e. The van der Waals surface area contributed by atoms with Gasteiger partial charge in [-0.15, -0.1) is 0 Å². The van der Waals surface area contributed by atoms with Crippen LogP contribution < -0.4 is 43.4 Å². The van der Waals surface area contributed by atoms with Crippen LogP contribution >= 0.6 is 0 Å². The Kier molecular flexibility index (Phi) is 20.5. The number of benzene rings is 5. The summed E-state index contributed by atoms with van der Waals surface area (Å²) in [5.41, 5.74) is 13.0. The summed E-state index contributed by atoms with van der Waals surface area (Å²) < 4.78 is 0. The minimum absolute atomic E-state index is 0.0357. The molecule has 7 amide bonds. The van der Waals surface area contributed by atoms with Crippen LogP contribution in [0.15, 0.2) is 114 Å². The van der Waals surface area contributed by atoms with E-state index in [0.717, 1.165) is 21.5 Å². The number of nitrogens with zero attached hydrogens (tertiary/aromatic N) is 2. The zero-order chi connectivity index (χ0) is 54.0. The quantitative estimate of drug-likeness (QED) is 0.0230. The van der Waals surface area contributed by atoms with E-state index in [1.807, 2.05) is 92.7 Å². The number of aliphatic hydroxyl groups excluding tert-OH is 1. The zero-order valence-corrected chi connectivity index (χ0v) is 42.7. The summed E-state index contributed by atoms with van der Waals surface area (Å²) in [4.78, 5) is 104. The van der Waals surface area contributed by atoms with E-state index < -0.39 is 78.3 Å². The van der Waals surface area contributed by atoms with E-state index in [-0.39, 0.29) is 62.2 Å². The molecule has 0 saturated carbocycles. The summed E-state index contributed by atoms with van der Waals surface area (Å²) in [6.07, 6.45) is 1.27. The predicted molar refractivity (Wildman–Crippen MR) is 287 cm³/mol. The van der Waals surface area contributed by atoms with Crippen LogP contribution in [0.3, 0.4) is 0 Å². The van der Waals surface area contributed by atoms with Crippen molar-refractivity contribution in [2.45, 2.75) is 108 Å². The molecule has 5 aromatic rings. The summed E-state index contributed by atoms with van der Waals surface area (Å²) in [6.45, 7) is 5.55. The lowest BCUT2D eigenvalue weighted by Gasteiger charge is -2.30. The Labute approximate surface area is 436 Å². The fourth-order valence-corrected chi connectivity index (χ4v) is 9.30. The van der Waals surface area contributed by atoms with Crippen LogP contribution in [0.4, 0.5) is 0 Å². The molecule has 19 nitrogen and oxygen atoms in total. The number of nitrogens with one attached hydrogen (secondary N) is 6. The molecule has 0 aromatic heterocycles. The van der Waals surface area contributed by atoms with Crippen LogP contribution in [0.1, 0.15) is 69.6 Å². The molecule has 1 unspecified atom stereocenters. The first-order valence-electron chi connectivity index (χ1n) is 25.5. The number of aromatic hydroxyl groups is 1. The summed E-state index contributed by atoms with van der Waals surface area (Å²) in [5.74, 6) is -4.72. The minimum Gasteiger partial charge on any atom is -0.508 e. The Morgan fingerprint density at radius 3 is 1.93 bits per heavy atom. The average Bonchev–Trinajstić information content (AvgIpc) is 3.89. The highest BCUT2D eigenvalue weighted by Gasteiger charge is 2.39. The highest BCUT2D eigenvalue weighted by molar-refractivity contribution is 5.98. The number of nitrogens with two attached hydrogens (primary N) is 2. The van der Waals surface area contributed by atoms with E-state index in [4.69, 9.17) is 11.5 Å². The molecule has 19 heteroatoms. The summed E-state index contributed by atoms with van der Waals surface area (Å²) in [7, 11) is 0. The van der Waals surface area contributed by atoms with Crippen molar-refractivity contribution >= 4 is 68.9 Å². The van der Waals surface area contributed by atoms with Crippen LogP contribution in [0.25, 0.3) is 21.5 Å². The first kappa shape index (κ1) is 56.2. The fraction of sp³-hybridized carbons (Fsp3) is 0.393. The van der Waals surface area contributed by atoms with Gasteiger partial charge in [-0.2, -0.15) is 0 Å². The Balaban J connectivity index is 1.26. The lowest BCUT2D eigenvalue weighted by molar-refractivity contribution is -0.142. The standard InChI is InChI=1S/C56H70N10O9/c1-4-59-54(74)48-19-11-27-66(48)55(75)43(18-10-26-60-56(57)58)62-50(70)44(28-34(2)3)63-52(72)46(31-36-20-23-37-12-5-6-14-39(37)29-36)64-51(71)45(30-35-21-24-41(68)25-22-35)65-53(73)47(33-67)61-49(69)32-40-16-9-15-38-13-7-8-17-42(38)40/h5-9,12-17,20-25,29,34,43-48,67-68H,4,10-11,18-19,26-28,30-33H2,1-3H3,(H,59,74)(H,61,69)(H,62,70)(H,63,72)(H,64,71)(H,65,73)(H4,57,58,60)/t43-,44-,45-,46+,47-,48?/m0/s1. The van der Waals surface area contributed by atoms with Crippen molar-refractivity contribution in [3.05, 3.63) is 126 Å². The number of rotatable bonds is 25. The van der Waals surface area contributed by atoms with Crippen molar-refractivity contribution in [2.75, 3.05) is 26.2 Å². The first-order valence-corrected chi connectivity index (χ1v) is 25.5. The number of aliphatic hydroxyl groups is 1. The minimum atomic E-state index is -1.47. The number of carbonyl (C=O) groups is 7. The van der Waals surface area contributed by atoms with Crippen LogP contribution in [0, 0.1) is 5.92 Å². The zero-order valence-electron chi connectivity index (χ0n) is 42.7. The molecule has 0 bridgehead atoms. The number of hydrogen-bond donors (Lipinski definition) is 10. The number of likely N-dealkylation sites (N-methyl/N-ethyl adjacent to an activating group) is 1. The number of aliphatic imine (C=N–C) groups is 1. The second kappa shape index (κ2) is 27.3. The van der Waals surface area contributed by atoms with Gasteiger partial charge in [0.25, 0.3) is 0 Å². The smallest absolute Gasteiger partial charge is 0.245 e. The molecule has 6 rings (SSSR count). The summed E-state index contributed by atoms with van der Waals surface area (Å²) in [5, 5.41) is 40.7. The molecule has 0 spiro atoms. The second-order valence-corrected chi connectivity index (χ2v) is 19.3. The molecule has 12 N–H and O–H groups in total. The van der Waals surface area contributed by atoms with E-state index in [2.05, 4.69) is 36.9 Å². The number of phenols is 1. The molecular formula is C56H70N10O9. The topological polar surface area (TPSA) is 300 Å². The number of carbonyl (C=O) groups excluding carboxylic acids is 7. The molecule has 1 aliphatic rings. The van der Waals surface area contributed by atoms with Gasteiger partial charge in [0.2, 0.25) is 41.4 Å². The lowest BCUT2D eigenvalue weighted by atomic mass is 9.98. The lowest BCUT2D eigenvalue weighted by Crippen LogP contribution is -2.60. The van der Waals surface area contributed by atoms with Crippen molar-refractivity contribution in [3.8, 4) is 5.75 Å². The molecular weight excluding hydrogens is 957 g/mol. The maximum absolute atomic E-state index is 14.8. The average molecular weight is 1030 g/mol. The number of guanidine groups is 1. The van der Waals surface area contributed by atoms with Gasteiger partial charge in [-0.3, -0.25) is 38.6 Å². The van der Waals surface area contributed by atoms with Crippen molar-refractivity contribution in [1.29, 1.82) is 0 Å². The molecule has 75 heavy (non-hydrogen) atoms. The summed E-state index contributed by atoms with van der Waals surface area (Å²) >= 11 is 0. The number of fused-ring (bicyclic) bond motifs is 2. The SMILES string of the molecule is CCNC(=O)C1CCCN1C(=O)[C@H](CCCN=C(N)N)NC(=O)[C@H](CC(C)C)NC(=O)[C@@H](Cc1ccc2ccccc2c1)NC(=O)[C@H](Cc1ccc(O)cc1)NC(=O)[C@H](CO)NC(=O)Cc1cccc2ccccc12. The molecule has 6 atom stereocenters. The molecule has 5 aromatic carbocycles. The molecule has 0 aliphatic carbocycles. The van der Waals surface area contributed by atoms with Gasteiger partial charge in [0.15, 0.2) is 5.96 Å². The Morgan fingerprint density at radius 1 is 0.680 bits per heavy atom. The Morgan fingerprint density at radius 2 is 1.27 bits per heavy atom. The van der Waals surface area contributed by atoms with E-state index in [9.17, 15) is 43.8 Å². The normalized spacial score (nSPS) is 15.2. The maximum Gasteiger partial charge on any atom is 0.245 e. The van der Waals surface area contributed by atoms with Gasteiger partial charge in [-0.25, -0.2) is 0 Å². The van der Waals surface area contributed by atoms with Gasteiger partial charge < -0.3 is 58.5 Å². The molecule has 1 aliphatic heterocycles. The predicted octanol–water partition coefficient (Wildman–Crippen LogP) is 2.37. The molecule has 1 heterocycles. The van der Waals surface area contributed by atoms with E-state index in [1.54, 1.807) is 25.1 Å². The Bertz CT molecular complexity index is 2830. The Hall–Kier alpha value is -8.06. The van der Waals surface area contributed by atoms with Gasteiger partial charge in [-0.1, -0.05) is 111 Å². The highest BCUT2D eigenvalue weighted by Crippen LogP contribution is 2.22. The fourth-order valence-electron chi connectivity index (χ4n) is 9.30. The van der Waals surface area contributed by atoms with Gasteiger partial charge in [0.1, 0.15) is 42.0 Å². The van der Waals surface area contributed by atoms with Crippen LogP contribution in [-0.4, -0.2) is 125 Å². The van der Waals surface area contributed by atoms with Crippen molar-refractivity contribution in [2.24, 2.45) is 22.4 Å². The van der Waals surface area contributed by atoms with E-state index in [1.165, 1.54) is 17.0 Å². The number of likely N-dealkylation sites (tertiary alicyclic amines) is 1. The van der Waals surface area contributed by atoms with Gasteiger partial charge in [-0.05, 0) is 95.3 Å². The van der Waals surface area contributed by atoms with Crippen molar-refractivity contribution in [1.82, 2.24) is 36.8 Å². The van der Waals surface area contributed by atoms with Crippen molar-refractivity contribution in [3.63, 3.8) is 0 Å².